The summed E-state index contributed by atoms with van der Waals surface area (Å²) in [5.41, 5.74) is 1.85. The van der Waals surface area contributed by atoms with Gasteiger partial charge in [0.1, 0.15) is 0 Å². The van der Waals surface area contributed by atoms with Gasteiger partial charge in [0, 0.05) is 17.0 Å². The number of hydrogen-bond donors (Lipinski definition) is 0. The molecule has 1 aromatic rings. The molecule has 0 aliphatic heterocycles. The molecule has 1 aliphatic rings. The Labute approximate surface area is 156 Å². The van der Waals surface area contributed by atoms with Crippen LogP contribution >= 0.6 is 11.6 Å². The summed E-state index contributed by atoms with van der Waals surface area (Å²) in [4.78, 5) is 2.49. The highest BCUT2D eigenvalue weighted by Gasteiger charge is 2.36. The van der Waals surface area contributed by atoms with Crippen LogP contribution in [0.2, 0.25) is 5.02 Å². The molecule has 1 nitrogen and oxygen atoms in total. The van der Waals surface area contributed by atoms with Crippen molar-refractivity contribution >= 4 is 11.6 Å². The molecular formula is C22H40ClN. The predicted molar refractivity (Wildman–Crippen MR) is 111 cm³/mol. The van der Waals surface area contributed by atoms with Gasteiger partial charge in [-0.3, -0.25) is 0 Å². The molecule has 0 unspecified atom stereocenters. The molecule has 1 aliphatic carbocycles. The van der Waals surface area contributed by atoms with Gasteiger partial charge in [-0.1, -0.05) is 84.0 Å². The van der Waals surface area contributed by atoms with E-state index in [0.717, 1.165) is 5.02 Å². The summed E-state index contributed by atoms with van der Waals surface area (Å²) in [7, 11) is 2.25. The van der Waals surface area contributed by atoms with Gasteiger partial charge in [-0.2, -0.15) is 0 Å². The van der Waals surface area contributed by atoms with Crippen LogP contribution in [0.25, 0.3) is 0 Å². The maximum Gasteiger partial charge on any atom is 0.0406 e. The molecule has 2 rings (SSSR count). The van der Waals surface area contributed by atoms with Crippen molar-refractivity contribution < 1.29 is 0 Å². The van der Waals surface area contributed by atoms with E-state index in [9.17, 15) is 0 Å². The second-order valence-corrected chi connectivity index (χ2v) is 7.17. The van der Waals surface area contributed by atoms with Crippen LogP contribution in [0.3, 0.4) is 0 Å². The largest absolute Gasteiger partial charge is 0.305 e. The second kappa shape index (κ2) is 13.7. The van der Waals surface area contributed by atoms with Crippen molar-refractivity contribution in [3.63, 3.8) is 0 Å². The Balaban J connectivity index is 0.000000773. The second-order valence-electron chi connectivity index (χ2n) is 6.73. The van der Waals surface area contributed by atoms with E-state index in [0.29, 0.717) is 5.41 Å². The van der Waals surface area contributed by atoms with E-state index in [2.05, 4.69) is 44.9 Å². The molecule has 0 bridgehead atoms. The van der Waals surface area contributed by atoms with Crippen LogP contribution in [0, 0.1) is 0 Å². The minimum absolute atomic E-state index is 0.370. The molecule has 2 heteroatoms. The molecule has 0 amide bonds. The van der Waals surface area contributed by atoms with E-state index >= 15 is 0 Å². The first-order chi connectivity index (χ1) is 11.6. The Kier molecular flexibility index (Phi) is 13.4. The van der Waals surface area contributed by atoms with Crippen molar-refractivity contribution in [1.29, 1.82) is 0 Å². The van der Waals surface area contributed by atoms with Gasteiger partial charge in [-0.25, -0.2) is 0 Å². The van der Waals surface area contributed by atoms with E-state index in [4.69, 9.17) is 11.6 Å². The molecule has 0 heterocycles. The van der Waals surface area contributed by atoms with E-state index in [1.165, 1.54) is 63.6 Å². The summed E-state index contributed by atoms with van der Waals surface area (Å²) in [5.74, 6) is 0. The number of rotatable bonds is 6. The Hall–Kier alpha value is -0.530. The lowest BCUT2D eigenvalue weighted by molar-refractivity contribution is 0.245. The van der Waals surface area contributed by atoms with Gasteiger partial charge in [0.15, 0.2) is 0 Å². The van der Waals surface area contributed by atoms with E-state index in [1.54, 1.807) is 0 Å². The lowest BCUT2D eigenvalue weighted by Crippen LogP contribution is -2.37. The van der Waals surface area contributed by atoms with Crippen LogP contribution in [0.15, 0.2) is 24.3 Å². The van der Waals surface area contributed by atoms with Crippen molar-refractivity contribution in [2.75, 3.05) is 20.1 Å². The summed E-state index contributed by atoms with van der Waals surface area (Å²) in [6, 6.07) is 8.54. The van der Waals surface area contributed by atoms with Gasteiger partial charge in [0.05, 0.1) is 0 Å². The number of likely N-dealkylation sites (N-methyl/N-ethyl adjacent to an activating group) is 1. The lowest BCUT2D eigenvalue weighted by Gasteiger charge is -2.34. The smallest absolute Gasteiger partial charge is 0.0406 e. The summed E-state index contributed by atoms with van der Waals surface area (Å²) in [6.45, 7) is 13.0. The van der Waals surface area contributed by atoms with Crippen LogP contribution in [0.1, 0.15) is 85.1 Å². The summed E-state index contributed by atoms with van der Waals surface area (Å²) >= 11 is 6.01. The molecule has 0 atom stereocenters. The first-order valence-corrected chi connectivity index (χ1v) is 10.4. The number of benzene rings is 1. The molecule has 0 spiro atoms. The number of hydrogen-bond acceptors (Lipinski definition) is 1. The van der Waals surface area contributed by atoms with Gasteiger partial charge in [-0.05, 0) is 50.6 Å². The molecule has 1 aromatic carbocycles. The van der Waals surface area contributed by atoms with E-state index < -0.39 is 0 Å². The summed E-state index contributed by atoms with van der Waals surface area (Å²) in [6.07, 6.45) is 9.24. The molecule has 0 radical (unpaired) electrons. The molecule has 1 saturated carbocycles. The standard InChI is InChI=1S/C16H24ClN.C4H10.C2H6/c1-3-12-18(2)13-16(10-4-5-11-16)14-6-8-15(17)9-7-14;1-3-4-2;1-2/h6-9H,3-5,10-13H2,1-2H3;3-4H2,1-2H3;1-2H3. The highest BCUT2D eigenvalue weighted by Crippen LogP contribution is 2.41. The Bertz CT molecular complexity index is 391. The maximum absolute atomic E-state index is 6.01. The monoisotopic (exact) mass is 353 g/mol. The predicted octanol–water partition coefficient (Wildman–Crippen LogP) is 7.33. The zero-order valence-corrected chi connectivity index (χ0v) is 17.8. The topological polar surface area (TPSA) is 3.24 Å². The van der Waals surface area contributed by atoms with Gasteiger partial charge < -0.3 is 4.90 Å². The van der Waals surface area contributed by atoms with Crippen molar-refractivity contribution in [1.82, 2.24) is 4.90 Å². The minimum Gasteiger partial charge on any atom is -0.305 e. The number of halogens is 1. The van der Waals surface area contributed by atoms with Crippen LogP contribution < -0.4 is 0 Å². The Morgan fingerprint density at radius 1 is 0.917 bits per heavy atom. The third-order valence-corrected chi connectivity index (χ3v) is 4.95. The average molecular weight is 354 g/mol. The molecule has 24 heavy (non-hydrogen) atoms. The molecule has 0 N–H and O–H groups in total. The Morgan fingerprint density at radius 3 is 1.83 bits per heavy atom. The molecule has 0 aromatic heterocycles. The van der Waals surface area contributed by atoms with Gasteiger partial charge in [0.2, 0.25) is 0 Å². The lowest BCUT2D eigenvalue weighted by atomic mass is 9.78. The first-order valence-electron chi connectivity index (χ1n) is 10.0. The summed E-state index contributed by atoms with van der Waals surface area (Å²) < 4.78 is 0. The van der Waals surface area contributed by atoms with Crippen LogP contribution in [0.4, 0.5) is 0 Å². The SMILES string of the molecule is CC.CCCC.CCCN(C)CC1(c2ccc(Cl)cc2)CCCC1. The van der Waals surface area contributed by atoms with Crippen molar-refractivity contribution in [3.8, 4) is 0 Å². The number of nitrogens with zero attached hydrogens (tertiary/aromatic N) is 1. The first kappa shape index (κ1) is 23.5. The molecule has 1 fully saturated rings. The van der Waals surface area contributed by atoms with Crippen molar-refractivity contribution in [2.24, 2.45) is 0 Å². The van der Waals surface area contributed by atoms with Gasteiger partial charge in [0.25, 0.3) is 0 Å². The van der Waals surface area contributed by atoms with E-state index in [1.807, 2.05) is 26.0 Å². The van der Waals surface area contributed by atoms with Crippen LogP contribution in [0.5, 0.6) is 0 Å². The highest BCUT2D eigenvalue weighted by atomic mass is 35.5. The van der Waals surface area contributed by atoms with Crippen LogP contribution in [-0.4, -0.2) is 25.0 Å². The fourth-order valence-corrected chi connectivity index (χ4v) is 3.50. The molecule has 140 valence electrons. The van der Waals surface area contributed by atoms with E-state index in [-0.39, 0.29) is 0 Å². The normalized spacial score (nSPS) is 15.3. The van der Waals surface area contributed by atoms with Crippen LogP contribution in [-0.2, 0) is 5.41 Å². The fourth-order valence-electron chi connectivity index (χ4n) is 3.37. The van der Waals surface area contributed by atoms with Crippen molar-refractivity contribution in [3.05, 3.63) is 34.9 Å². The summed E-state index contributed by atoms with van der Waals surface area (Å²) in [5, 5.41) is 0.841. The number of unbranched alkanes of at least 4 members (excludes halogenated alkanes) is 1. The third kappa shape index (κ3) is 8.03. The maximum atomic E-state index is 6.01. The molecular weight excluding hydrogens is 314 g/mol. The van der Waals surface area contributed by atoms with Gasteiger partial charge in [-0.15, -0.1) is 0 Å². The Morgan fingerprint density at radius 2 is 1.42 bits per heavy atom. The zero-order chi connectivity index (χ0) is 18.4. The quantitative estimate of drug-likeness (QED) is 0.517. The van der Waals surface area contributed by atoms with Gasteiger partial charge >= 0.3 is 0 Å². The zero-order valence-electron chi connectivity index (χ0n) is 17.0. The fraction of sp³-hybridized carbons (Fsp3) is 0.727. The molecule has 0 saturated heterocycles. The average Bonchev–Trinajstić information content (AvgIpc) is 3.07. The third-order valence-electron chi connectivity index (χ3n) is 4.70. The highest BCUT2D eigenvalue weighted by molar-refractivity contribution is 6.30. The minimum atomic E-state index is 0.370. The van der Waals surface area contributed by atoms with Crippen molar-refractivity contribution in [2.45, 2.75) is 85.0 Å².